The van der Waals surface area contributed by atoms with Crippen molar-refractivity contribution in [2.75, 3.05) is 45.2 Å². The molecule has 7 heteroatoms. The molecule has 2 rings (SSSR count). The van der Waals surface area contributed by atoms with Crippen LogP contribution in [0, 0.1) is 12.8 Å². The average molecular weight is 375 g/mol. The van der Waals surface area contributed by atoms with Crippen molar-refractivity contribution in [1.82, 2.24) is 9.80 Å². The first-order valence-electron chi connectivity index (χ1n) is 9.35. The number of rotatable bonds is 10. The Morgan fingerprint density at radius 1 is 1.11 bits per heavy atom. The molecule has 0 aromatic heterocycles. The van der Waals surface area contributed by atoms with Gasteiger partial charge in [0.15, 0.2) is 0 Å². The average Bonchev–Trinajstić information content (AvgIpc) is 3.40. The minimum absolute atomic E-state index is 0.0383. The summed E-state index contributed by atoms with van der Waals surface area (Å²) in [5.74, 6) is -0.235. The number of nitrogens with one attached hydrogen (secondary N) is 1. The third-order valence-electron chi connectivity index (χ3n) is 4.37. The van der Waals surface area contributed by atoms with Crippen LogP contribution < -0.4 is 5.32 Å². The second-order valence-corrected chi connectivity index (χ2v) is 7.08. The van der Waals surface area contributed by atoms with E-state index in [1.54, 1.807) is 14.0 Å². The summed E-state index contributed by atoms with van der Waals surface area (Å²) in [4.78, 5) is 39.6. The Morgan fingerprint density at radius 3 is 2.37 bits per heavy atom. The third kappa shape index (κ3) is 7.78. The van der Waals surface area contributed by atoms with Crippen LogP contribution in [0.2, 0.25) is 0 Å². The highest BCUT2D eigenvalue weighted by Crippen LogP contribution is 2.29. The van der Waals surface area contributed by atoms with E-state index in [2.05, 4.69) is 5.32 Å². The Morgan fingerprint density at radius 2 is 1.78 bits per heavy atom. The fraction of sp³-hybridized carbons (Fsp3) is 0.550. The van der Waals surface area contributed by atoms with Crippen LogP contribution in [0.5, 0.6) is 0 Å². The molecule has 1 aromatic carbocycles. The maximum absolute atomic E-state index is 12.5. The van der Waals surface area contributed by atoms with Crippen LogP contribution in [0.25, 0.3) is 0 Å². The van der Waals surface area contributed by atoms with Crippen LogP contribution in [-0.4, -0.2) is 67.4 Å². The van der Waals surface area contributed by atoms with Gasteiger partial charge in [-0.3, -0.25) is 19.3 Å². The summed E-state index contributed by atoms with van der Waals surface area (Å²) in [5, 5.41) is 2.78. The second-order valence-electron chi connectivity index (χ2n) is 7.08. The van der Waals surface area contributed by atoms with E-state index < -0.39 is 0 Å². The topological polar surface area (TPSA) is 79.0 Å². The largest absolute Gasteiger partial charge is 0.465 e. The van der Waals surface area contributed by atoms with Gasteiger partial charge in [0, 0.05) is 19.3 Å². The van der Waals surface area contributed by atoms with Crippen LogP contribution in [0.1, 0.15) is 25.3 Å². The predicted molar refractivity (Wildman–Crippen MR) is 103 cm³/mol. The van der Waals surface area contributed by atoms with Crippen molar-refractivity contribution < 1.29 is 19.1 Å². The number of carbonyl (C=O) groups is 3. The lowest BCUT2D eigenvalue weighted by Gasteiger charge is -2.24. The Balaban J connectivity index is 1.82. The molecule has 1 N–H and O–H groups in total. The Labute approximate surface area is 160 Å². The number of benzene rings is 1. The molecule has 0 bridgehead atoms. The van der Waals surface area contributed by atoms with Crippen LogP contribution in [0.4, 0.5) is 5.69 Å². The summed E-state index contributed by atoms with van der Waals surface area (Å²) in [6.45, 7) is 4.92. The van der Waals surface area contributed by atoms with Gasteiger partial charge < -0.3 is 15.0 Å². The number of likely N-dealkylation sites (N-methyl/N-ethyl adjacent to an activating group) is 1. The fourth-order valence-corrected chi connectivity index (χ4v) is 2.69. The third-order valence-corrected chi connectivity index (χ3v) is 4.37. The molecule has 1 fully saturated rings. The zero-order valence-corrected chi connectivity index (χ0v) is 16.4. The van der Waals surface area contributed by atoms with Gasteiger partial charge in [-0.2, -0.15) is 0 Å². The van der Waals surface area contributed by atoms with Crippen LogP contribution >= 0.6 is 0 Å². The number of carbonyl (C=O) groups excluding carboxylic acids is 3. The molecular weight excluding hydrogens is 346 g/mol. The van der Waals surface area contributed by atoms with E-state index in [4.69, 9.17) is 4.74 Å². The van der Waals surface area contributed by atoms with Crippen LogP contribution in [-0.2, 0) is 19.1 Å². The number of amides is 2. The summed E-state index contributed by atoms with van der Waals surface area (Å²) >= 11 is 0. The lowest BCUT2D eigenvalue weighted by atomic mass is 10.2. The first kappa shape index (κ1) is 20.9. The molecule has 0 aliphatic heterocycles. The molecule has 1 saturated carbocycles. The highest BCUT2D eigenvalue weighted by molar-refractivity contribution is 5.94. The number of esters is 1. The van der Waals surface area contributed by atoms with Crippen molar-refractivity contribution in [3.05, 3.63) is 29.8 Å². The molecule has 148 valence electrons. The molecule has 1 aliphatic rings. The van der Waals surface area contributed by atoms with E-state index in [0.717, 1.165) is 18.4 Å². The van der Waals surface area contributed by atoms with Gasteiger partial charge in [-0.15, -0.1) is 0 Å². The van der Waals surface area contributed by atoms with Crippen molar-refractivity contribution in [2.45, 2.75) is 26.7 Å². The van der Waals surface area contributed by atoms with E-state index in [1.807, 2.05) is 36.1 Å². The molecule has 1 aliphatic carbocycles. The van der Waals surface area contributed by atoms with Gasteiger partial charge in [-0.1, -0.05) is 17.7 Å². The molecule has 0 atom stereocenters. The second kappa shape index (κ2) is 10.1. The molecule has 0 saturated heterocycles. The number of anilines is 1. The van der Waals surface area contributed by atoms with Gasteiger partial charge >= 0.3 is 5.97 Å². The smallest absolute Gasteiger partial charge is 0.320 e. The molecule has 7 nitrogen and oxygen atoms in total. The maximum atomic E-state index is 12.5. The summed E-state index contributed by atoms with van der Waals surface area (Å²) in [7, 11) is 1.59. The molecule has 1 aromatic rings. The van der Waals surface area contributed by atoms with Gasteiger partial charge in [0.2, 0.25) is 11.8 Å². The molecule has 27 heavy (non-hydrogen) atoms. The fourth-order valence-electron chi connectivity index (χ4n) is 2.69. The van der Waals surface area contributed by atoms with E-state index in [-0.39, 0.29) is 37.4 Å². The molecular formula is C20H29N3O4. The Kier molecular flexibility index (Phi) is 7.79. The van der Waals surface area contributed by atoms with Gasteiger partial charge in [0.25, 0.3) is 0 Å². The SMILES string of the molecule is CCOC(=O)CN(CC(=O)N(C)CC(=O)Nc1ccc(C)cc1)CC1CC1. The zero-order valence-electron chi connectivity index (χ0n) is 16.4. The number of ether oxygens (including phenoxy) is 1. The summed E-state index contributed by atoms with van der Waals surface area (Å²) in [6, 6.07) is 7.47. The van der Waals surface area contributed by atoms with Crippen molar-refractivity contribution in [3.63, 3.8) is 0 Å². The van der Waals surface area contributed by atoms with Crippen molar-refractivity contribution >= 4 is 23.5 Å². The Hall–Kier alpha value is -2.41. The maximum Gasteiger partial charge on any atom is 0.320 e. The van der Waals surface area contributed by atoms with E-state index >= 15 is 0 Å². The summed E-state index contributed by atoms with van der Waals surface area (Å²) in [5.41, 5.74) is 1.81. The van der Waals surface area contributed by atoms with Crippen LogP contribution in [0.3, 0.4) is 0 Å². The van der Waals surface area contributed by atoms with Crippen molar-refractivity contribution in [1.29, 1.82) is 0 Å². The van der Waals surface area contributed by atoms with Crippen molar-refractivity contribution in [2.24, 2.45) is 5.92 Å². The van der Waals surface area contributed by atoms with Gasteiger partial charge in [-0.25, -0.2) is 0 Å². The minimum atomic E-state index is -0.328. The quantitative estimate of drug-likeness (QED) is 0.630. The minimum Gasteiger partial charge on any atom is -0.465 e. The molecule has 0 heterocycles. The molecule has 2 amide bonds. The summed E-state index contributed by atoms with van der Waals surface area (Å²) < 4.78 is 4.99. The number of hydrogen-bond donors (Lipinski definition) is 1. The van der Waals surface area contributed by atoms with Crippen LogP contribution in [0.15, 0.2) is 24.3 Å². The van der Waals surface area contributed by atoms with E-state index in [1.165, 1.54) is 4.90 Å². The van der Waals surface area contributed by atoms with Gasteiger partial charge in [0.1, 0.15) is 0 Å². The molecule has 0 radical (unpaired) electrons. The van der Waals surface area contributed by atoms with E-state index in [9.17, 15) is 14.4 Å². The molecule has 0 unspecified atom stereocenters. The lowest BCUT2D eigenvalue weighted by molar-refractivity contribution is -0.145. The number of hydrogen-bond acceptors (Lipinski definition) is 5. The number of aryl methyl sites for hydroxylation is 1. The Bertz CT molecular complexity index is 656. The monoisotopic (exact) mass is 375 g/mol. The van der Waals surface area contributed by atoms with E-state index in [0.29, 0.717) is 24.8 Å². The normalized spacial score (nSPS) is 13.3. The lowest BCUT2D eigenvalue weighted by Crippen LogP contribution is -2.44. The predicted octanol–water partition coefficient (Wildman–Crippen LogP) is 1.67. The highest BCUT2D eigenvalue weighted by atomic mass is 16.5. The standard InChI is InChI=1S/C20H29N3O4/c1-4-27-20(26)14-23(11-16-7-8-16)13-19(25)22(3)12-18(24)21-17-9-5-15(2)6-10-17/h5-6,9-10,16H,4,7-8,11-14H2,1-3H3,(H,21,24). The first-order chi connectivity index (χ1) is 12.9. The summed E-state index contributed by atoms with van der Waals surface area (Å²) in [6.07, 6.45) is 2.25. The van der Waals surface area contributed by atoms with Crippen molar-refractivity contribution in [3.8, 4) is 0 Å². The zero-order chi connectivity index (χ0) is 19.8. The van der Waals surface area contributed by atoms with Gasteiger partial charge in [-0.05, 0) is 44.7 Å². The number of nitrogens with zero attached hydrogens (tertiary/aromatic N) is 2. The van der Waals surface area contributed by atoms with Gasteiger partial charge in [0.05, 0.1) is 26.2 Å². The molecule has 0 spiro atoms. The first-order valence-corrected chi connectivity index (χ1v) is 9.35. The highest BCUT2D eigenvalue weighted by Gasteiger charge is 2.27.